The number of esters is 2. The number of nitrogens with zero attached hydrogens (tertiary/aromatic N) is 2. The summed E-state index contributed by atoms with van der Waals surface area (Å²) >= 11 is 0. The molecule has 0 amide bonds. The standard InChI is InChI=1S/C36H38N4O6.Mg/c1-8-19-16(3)23-12-24-17(4)21(10-11-29(42)45-6)33(39-24)31-32(36(44)46-7)35(43)30-18(5)25(40-34(30)31)13-27-20(9-2)22(15-41)28(38-27)14-26(19)37-23;/h8,12-15,17,21,33H,1,9-11H2,2-7H3,(H4,37,38,39,40,41,43,44);/q;+2/p-2/t17-,21-,33?;/m0./s1. The molecule has 2 aliphatic heterocycles. The minimum atomic E-state index is -0.724. The van der Waals surface area contributed by atoms with Crippen LogP contribution in [0.4, 0.5) is 0 Å². The van der Waals surface area contributed by atoms with Crippen molar-refractivity contribution in [1.29, 1.82) is 0 Å². The summed E-state index contributed by atoms with van der Waals surface area (Å²) in [5.41, 5.74) is 7.88. The number of ketones is 1. The van der Waals surface area contributed by atoms with Crippen LogP contribution >= 0.6 is 0 Å². The monoisotopic (exact) mass is 644 g/mol. The quantitative estimate of drug-likeness (QED) is 0.172. The van der Waals surface area contributed by atoms with Crippen molar-refractivity contribution in [3.05, 3.63) is 84.7 Å². The molecule has 0 saturated carbocycles. The molecule has 1 saturated heterocycles. The van der Waals surface area contributed by atoms with Crippen LogP contribution in [0.15, 0.2) is 17.8 Å². The Morgan fingerprint density at radius 1 is 1.02 bits per heavy atom. The second-order valence-corrected chi connectivity index (χ2v) is 12.0. The van der Waals surface area contributed by atoms with E-state index < -0.39 is 17.8 Å². The van der Waals surface area contributed by atoms with Crippen LogP contribution in [0.5, 0.6) is 0 Å². The van der Waals surface area contributed by atoms with E-state index in [0.29, 0.717) is 68.6 Å². The van der Waals surface area contributed by atoms with Gasteiger partial charge in [-0.2, -0.15) is 0 Å². The maximum atomic E-state index is 14.0. The van der Waals surface area contributed by atoms with Crippen molar-refractivity contribution in [1.82, 2.24) is 20.3 Å². The van der Waals surface area contributed by atoms with E-state index in [1.165, 1.54) is 14.2 Å². The minimum absolute atomic E-state index is 0. The van der Waals surface area contributed by atoms with E-state index >= 15 is 0 Å². The number of rotatable bonds is 7. The number of Topliss-reactive ketones (excluding diaryl/α,β-unsaturated/α-hetero) is 1. The van der Waals surface area contributed by atoms with Gasteiger partial charge in [0.2, 0.25) is 5.78 Å². The molecule has 3 aromatic rings. The van der Waals surface area contributed by atoms with Gasteiger partial charge in [-0.25, -0.2) is 4.79 Å². The molecule has 3 aromatic heterocycles. The normalized spacial score (nSPS) is 21.8. The van der Waals surface area contributed by atoms with Gasteiger partial charge in [0, 0.05) is 34.9 Å². The van der Waals surface area contributed by atoms with Gasteiger partial charge in [-0.15, -0.1) is 22.1 Å². The molecule has 5 heterocycles. The van der Waals surface area contributed by atoms with Gasteiger partial charge in [-0.05, 0) is 43.7 Å². The molecular weight excluding hydrogens is 609 g/mol. The number of hydrogen-bond donors (Lipinski definition) is 2. The number of aromatic nitrogens is 3. The fourth-order valence-corrected chi connectivity index (χ4v) is 7.24. The number of H-pyrrole nitrogens is 1. The van der Waals surface area contributed by atoms with Crippen molar-refractivity contribution in [3.8, 4) is 0 Å². The Bertz CT molecular complexity index is 2040. The third-order valence-corrected chi connectivity index (χ3v) is 9.75. The third kappa shape index (κ3) is 5.35. The Morgan fingerprint density at radius 3 is 2.40 bits per heavy atom. The molecule has 2 N–H and O–H groups in total. The maximum absolute atomic E-state index is 14.0. The van der Waals surface area contributed by atoms with Gasteiger partial charge in [0.15, 0.2) is 0 Å². The summed E-state index contributed by atoms with van der Waals surface area (Å²) in [5.74, 6) is -1.79. The van der Waals surface area contributed by atoms with E-state index in [1.807, 2.05) is 39.0 Å². The summed E-state index contributed by atoms with van der Waals surface area (Å²) in [6.07, 6.45) is 9.38. The van der Waals surface area contributed by atoms with Gasteiger partial charge < -0.3 is 29.7 Å². The first-order chi connectivity index (χ1) is 22.1. The molecule has 0 aromatic carbocycles. The summed E-state index contributed by atoms with van der Waals surface area (Å²) in [6, 6.07) is -0.513. The zero-order valence-corrected chi connectivity index (χ0v) is 28.9. The number of hydrogen-bond acceptors (Lipinski definition) is 7. The molecule has 0 spiro atoms. The summed E-state index contributed by atoms with van der Waals surface area (Å²) in [7, 11) is 2.61. The van der Waals surface area contributed by atoms with E-state index in [-0.39, 0.29) is 52.9 Å². The molecule has 1 fully saturated rings. The smallest absolute Gasteiger partial charge is 0.657 e. The maximum Gasteiger partial charge on any atom is 2.00 e. The Kier molecular flexibility index (Phi) is 9.43. The molecule has 6 rings (SSSR count). The fraction of sp³-hybridized carbons (Fsp3) is 0.333. The van der Waals surface area contributed by atoms with Gasteiger partial charge in [0.25, 0.3) is 0 Å². The largest absolute Gasteiger partial charge is 2.00 e. The predicted octanol–water partition coefficient (Wildman–Crippen LogP) is 2.50. The minimum Gasteiger partial charge on any atom is -0.657 e. The molecule has 238 valence electrons. The molecule has 0 radical (unpaired) electrons. The Morgan fingerprint density at radius 2 is 1.77 bits per heavy atom. The topological polar surface area (TPSA) is 143 Å². The molecule has 8 bridgehead atoms. The number of allylic oxidation sites excluding steroid dienone is 1. The zero-order valence-electron chi connectivity index (χ0n) is 27.5. The van der Waals surface area contributed by atoms with Crippen molar-refractivity contribution < 1.29 is 28.7 Å². The van der Waals surface area contributed by atoms with Crippen molar-refractivity contribution in [2.45, 2.75) is 53.0 Å². The molecular formula is C36H36MgN4O6. The van der Waals surface area contributed by atoms with Gasteiger partial charge in [0.1, 0.15) is 11.9 Å². The fourth-order valence-electron chi connectivity index (χ4n) is 7.24. The van der Waals surface area contributed by atoms with Gasteiger partial charge in [0.05, 0.1) is 31.5 Å². The van der Waals surface area contributed by atoms with Crippen LogP contribution in [-0.4, -0.2) is 72.3 Å². The van der Waals surface area contributed by atoms with Crippen LogP contribution in [0.25, 0.3) is 29.9 Å². The number of aromatic amines is 1. The molecule has 1 unspecified atom stereocenters. The Hall–Kier alpha value is -4.35. The number of carbonyl (C=O) groups is 4. The Balaban J connectivity index is 0.00000433. The first-order valence-corrected chi connectivity index (χ1v) is 15.4. The van der Waals surface area contributed by atoms with Gasteiger partial charge in [-0.3, -0.25) is 14.4 Å². The average Bonchev–Trinajstić information content (AvgIpc) is 3.79. The molecule has 3 aliphatic rings. The predicted molar refractivity (Wildman–Crippen MR) is 179 cm³/mol. The zero-order chi connectivity index (χ0) is 33.0. The van der Waals surface area contributed by atoms with Crippen LogP contribution in [0.2, 0.25) is 0 Å². The number of fused-ring (bicyclic) bond motifs is 8. The number of ether oxygens (including phenoxy) is 2. The first-order valence-electron chi connectivity index (χ1n) is 15.4. The van der Waals surface area contributed by atoms with Crippen molar-refractivity contribution in [2.24, 2.45) is 11.8 Å². The molecule has 10 nitrogen and oxygen atoms in total. The number of aldehydes is 1. The first kappa shape index (κ1) is 34.0. The Labute approximate surface area is 288 Å². The van der Waals surface area contributed by atoms with Crippen molar-refractivity contribution in [3.63, 3.8) is 0 Å². The second kappa shape index (κ2) is 13.0. The summed E-state index contributed by atoms with van der Waals surface area (Å²) in [4.78, 5) is 65.3. The van der Waals surface area contributed by atoms with Crippen LogP contribution < -0.4 is 26.0 Å². The molecule has 11 heteroatoms. The van der Waals surface area contributed by atoms with Crippen LogP contribution in [0.3, 0.4) is 0 Å². The number of methoxy groups -OCH3 is 2. The van der Waals surface area contributed by atoms with Crippen molar-refractivity contribution in [2.75, 3.05) is 14.2 Å². The number of carbonyl (C=O) groups excluding carboxylic acids is 4. The SMILES string of the molecule is C=Cc1c2[n-]c(c1C)/C=C1\NC(C3=C(C(=O)OC)C(=O)c4c3[nH]c(c4C)/C=c3\[n-]/c(c(C=O)c3CC)=C\2)[C@@H](CCC(=O)OC)[C@@H]1C.[Mg+2]. The van der Waals surface area contributed by atoms with E-state index in [0.717, 1.165) is 28.7 Å². The summed E-state index contributed by atoms with van der Waals surface area (Å²) in [6.45, 7) is 11.8. The summed E-state index contributed by atoms with van der Waals surface area (Å²) < 4.78 is 10.1. The average molecular weight is 645 g/mol. The second-order valence-electron chi connectivity index (χ2n) is 12.0. The van der Waals surface area contributed by atoms with E-state index in [4.69, 9.17) is 19.4 Å². The third-order valence-electron chi connectivity index (χ3n) is 9.75. The molecule has 3 atom stereocenters. The molecule has 47 heavy (non-hydrogen) atoms. The molecule has 1 aliphatic carbocycles. The van der Waals surface area contributed by atoms with Gasteiger partial charge >= 0.3 is 35.0 Å². The van der Waals surface area contributed by atoms with E-state index in [1.54, 1.807) is 6.08 Å². The van der Waals surface area contributed by atoms with Crippen LogP contribution in [-0.2, 0) is 25.5 Å². The van der Waals surface area contributed by atoms with Crippen LogP contribution in [0, 0.1) is 25.7 Å². The van der Waals surface area contributed by atoms with Crippen LogP contribution in [0.1, 0.15) is 92.4 Å². The number of nitrogens with one attached hydrogen (secondary N) is 2. The van der Waals surface area contributed by atoms with E-state index in [9.17, 15) is 19.2 Å². The van der Waals surface area contributed by atoms with Crippen molar-refractivity contribution >= 4 is 76.9 Å². The van der Waals surface area contributed by atoms with Gasteiger partial charge in [-0.1, -0.05) is 55.9 Å². The summed E-state index contributed by atoms with van der Waals surface area (Å²) in [5, 5.41) is 4.73. The van der Waals surface area contributed by atoms with E-state index in [2.05, 4.69) is 23.8 Å².